The number of allylic oxidation sites excluding steroid dienone is 2. The number of aliphatic hydroxyl groups is 2. The van der Waals surface area contributed by atoms with Crippen LogP contribution in [0.3, 0.4) is 0 Å². The third-order valence-corrected chi connectivity index (χ3v) is 7.88. The van der Waals surface area contributed by atoms with E-state index < -0.39 is 12.1 Å². The molecule has 0 saturated heterocycles. The highest BCUT2D eigenvalue weighted by Crippen LogP contribution is 2.48. The maximum Gasteiger partial charge on any atom is 0.335 e. The highest BCUT2D eigenvalue weighted by Gasteiger charge is 2.43. The number of carboxylic acid groups (broad SMARTS) is 1. The zero-order chi connectivity index (χ0) is 24.0. The van der Waals surface area contributed by atoms with Gasteiger partial charge in [0, 0.05) is 5.92 Å². The maximum atomic E-state index is 11.4. The van der Waals surface area contributed by atoms with Crippen molar-refractivity contribution < 1.29 is 20.1 Å². The minimum absolute atomic E-state index is 0.114. The van der Waals surface area contributed by atoms with Crippen LogP contribution in [0, 0.1) is 23.2 Å². The Bertz CT molecular complexity index is 853. The molecule has 1 saturated carbocycles. The van der Waals surface area contributed by atoms with Gasteiger partial charge in [0.15, 0.2) is 0 Å². The number of carboxylic acids is 1. The molecule has 0 heterocycles. The molecule has 0 bridgehead atoms. The zero-order valence-corrected chi connectivity index (χ0v) is 20.5. The van der Waals surface area contributed by atoms with Crippen molar-refractivity contribution in [3.63, 3.8) is 0 Å². The van der Waals surface area contributed by atoms with Crippen LogP contribution in [-0.2, 0) is 6.42 Å². The standard InChI is InChI=1S/C29H42O4/c1-4-5-16-29(2,3)27(31)15-14-24-25-18-20(17-22(25)19-26(24)30)10-6-7-11-21-12-8-9-13-23(21)28(32)33/h8-9,12-15,17,22,24-27,30-31H,4-7,10-11,16,18-19H2,1-3H3,(H,32,33)/t22-,24-,25-,26+,27-/m0/s1. The molecule has 0 spiro atoms. The molecule has 1 aromatic carbocycles. The van der Waals surface area contributed by atoms with Gasteiger partial charge in [0.25, 0.3) is 0 Å². The van der Waals surface area contributed by atoms with E-state index in [0.29, 0.717) is 17.4 Å². The molecule has 2 aliphatic carbocycles. The molecule has 0 amide bonds. The number of rotatable bonds is 12. The normalized spacial score (nSPS) is 25.9. The first-order valence-electron chi connectivity index (χ1n) is 12.8. The average Bonchev–Trinajstić information content (AvgIpc) is 3.30. The molecule has 1 aromatic rings. The van der Waals surface area contributed by atoms with Gasteiger partial charge in [-0.15, -0.1) is 0 Å². The smallest absolute Gasteiger partial charge is 0.335 e. The number of unbranched alkanes of at least 4 members (excludes halogenated alkanes) is 2. The summed E-state index contributed by atoms with van der Waals surface area (Å²) < 4.78 is 0. The topological polar surface area (TPSA) is 77.8 Å². The number of benzene rings is 1. The Morgan fingerprint density at radius 1 is 1.18 bits per heavy atom. The van der Waals surface area contributed by atoms with E-state index in [4.69, 9.17) is 0 Å². The maximum absolute atomic E-state index is 11.4. The lowest BCUT2D eigenvalue weighted by Gasteiger charge is -2.29. The summed E-state index contributed by atoms with van der Waals surface area (Å²) in [5.74, 6) is 0.129. The fraction of sp³-hybridized carbons (Fsp3) is 0.621. The fourth-order valence-corrected chi connectivity index (χ4v) is 5.68. The van der Waals surface area contributed by atoms with Gasteiger partial charge in [0.1, 0.15) is 0 Å². The summed E-state index contributed by atoms with van der Waals surface area (Å²) in [6.07, 6.45) is 14.5. The second-order valence-corrected chi connectivity index (χ2v) is 10.8. The fourth-order valence-electron chi connectivity index (χ4n) is 5.68. The Morgan fingerprint density at radius 2 is 1.91 bits per heavy atom. The van der Waals surface area contributed by atoms with E-state index in [1.165, 1.54) is 5.57 Å². The van der Waals surface area contributed by atoms with Crippen LogP contribution in [-0.4, -0.2) is 33.5 Å². The molecule has 3 rings (SSSR count). The van der Waals surface area contributed by atoms with E-state index in [0.717, 1.165) is 63.4 Å². The summed E-state index contributed by atoms with van der Waals surface area (Å²) in [6.45, 7) is 6.41. The SMILES string of the molecule is CCCCC(C)(C)[C@@H](O)C=C[C@H]1[C@H]2CC(CCCCc3ccccc3C(=O)O)=C[C@H]2C[C@H]1O. The van der Waals surface area contributed by atoms with Crippen molar-refractivity contribution in [1.29, 1.82) is 0 Å². The highest BCUT2D eigenvalue weighted by atomic mass is 16.4. The molecular weight excluding hydrogens is 412 g/mol. The Labute approximate surface area is 199 Å². The molecule has 4 nitrogen and oxygen atoms in total. The van der Waals surface area contributed by atoms with Gasteiger partial charge in [-0.25, -0.2) is 4.79 Å². The number of carbonyl (C=O) groups is 1. The van der Waals surface area contributed by atoms with E-state index in [1.807, 2.05) is 18.2 Å². The van der Waals surface area contributed by atoms with E-state index in [9.17, 15) is 20.1 Å². The molecule has 1 fully saturated rings. The lowest BCUT2D eigenvalue weighted by Crippen LogP contribution is -2.28. The number of aromatic carboxylic acids is 1. The summed E-state index contributed by atoms with van der Waals surface area (Å²) in [5.41, 5.74) is 2.66. The third kappa shape index (κ3) is 6.58. The zero-order valence-electron chi connectivity index (χ0n) is 20.5. The molecular formula is C29H42O4. The molecule has 182 valence electrons. The summed E-state index contributed by atoms with van der Waals surface area (Å²) in [4.78, 5) is 11.4. The summed E-state index contributed by atoms with van der Waals surface area (Å²) in [6, 6.07) is 7.28. The molecule has 4 heteroatoms. The summed E-state index contributed by atoms with van der Waals surface area (Å²) in [5, 5.41) is 30.7. The van der Waals surface area contributed by atoms with Crippen LogP contribution in [0.5, 0.6) is 0 Å². The van der Waals surface area contributed by atoms with Crippen LogP contribution in [0.1, 0.15) is 88.1 Å². The summed E-state index contributed by atoms with van der Waals surface area (Å²) in [7, 11) is 0. The van der Waals surface area contributed by atoms with Gasteiger partial charge in [0.2, 0.25) is 0 Å². The number of aryl methyl sites for hydroxylation is 1. The van der Waals surface area contributed by atoms with Crippen LogP contribution in [0.4, 0.5) is 0 Å². The van der Waals surface area contributed by atoms with Crippen LogP contribution in [0.25, 0.3) is 0 Å². The molecule has 5 atom stereocenters. The molecule has 0 unspecified atom stereocenters. The Balaban J connectivity index is 1.49. The van der Waals surface area contributed by atoms with E-state index in [-0.39, 0.29) is 17.4 Å². The Hall–Kier alpha value is -1.91. The van der Waals surface area contributed by atoms with Crippen molar-refractivity contribution in [2.45, 2.75) is 90.8 Å². The molecule has 3 N–H and O–H groups in total. The van der Waals surface area contributed by atoms with E-state index in [2.05, 4.69) is 32.9 Å². The van der Waals surface area contributed by atoms with Crippen LogP contribution >= 0.6 is 0 Å². The van der Waals surface area contributed by atoms with Crippen molar-refractivity contribution >= 4 is 5.97 Å². The first-order chi connectivity index (χ1) is 15.7. The van der Waals surface area contributed by atoms with Crippen molar-refractivity contribution in [3.05, 3.63) is 59.2 Å². The quantitative estimate of drug-likeness (QED) is 0.260. The second-order valence-electron chi connectivity index (χ2n) is 10.8. The number of fused-ring (bicyclic) bond motifs is 1. The van der Waals surface area contributed by atoms with E-state index >= 15 is 0 Å². The minimum Gasteiger partial charge on any atom is -0.478 e. The average molecular weight is 455 g/mol. The lowest BCUT2D eigenvalue weighted by molar-refractivity contribution is 0.0695. The lowest BCUT2D eigenvalue weighted by atomic mass is 9.80. The van der Waals surface area contributed by atoms with Crippen LogP contribution < -0.4 is 0 Å². The molecule has 0 aromatic heterocycles. The Kier molecular flexibility index (Phi) is 8.95. The monoisotopic (exact) mass is 454 g/mol. The molecule has 0 aliphatic heterocycles. The van der Waals surface area contributed by atoms with Crippen molar-refractivity contribution in [1.82, 2.24) is 0 Å². The largest absolute Gasteiger partial charge is 0.478 e. The number of aliphatic hydroxyl groups excluding tert-OH is 2. The van der Waals surface area contributed by atoms with Gasteiger partial charge in [-0.1, -0.05) is 75.6 Å². The third-order valence-electron chi connectivity index (χ3n) is 7.88. The van der Waals surface area contributed by atoms with Crippen molar-refractivity contribution in [2.75, 3.05) is 0 Å². The van der Waals surface area contributed by atoms with E-state index in [1.54, 1.807) is 12.1 Å². The van der Waals surface area contributed by atoms with Gasteiger partial charge in [-0.3, -0.25) is 0 Å². The molecule has 33 heavy (non-hydrogen) atoms. The summed E-state index contributed by atoms with van der Waals surface area (Å²) >= 11 is 0. The molecule has 0 radical (unpaired) electrons. The van der Waals surface area contributed by atoms with Crippen molar-refractivity contribution in [2.24, 2.45) is 23.2 Å². The first-order valence-corrected chi connectivity index (χ1v) is 12.8. The van der Waals surface area contributed by atoms with Gasteiger partial charge in [-0.2, -0.15) is 0 Å². The van der Waals surface area contributed by atoms with Gasteiger partial charge >= 0.3 is 5.97 Å². The van der Waals surface area contributed by atoms with Crippen LogP contribution in [0.15, 0.2) is 48.1 Å². The minimum atomic E-state index is -0.853. The number of hydrogen-bond acceptors (Lipinski definition) is 3. The van der Waals surface area contributed by atoms with Crippen molar-refractivity contribution in [3.8, 4) is 0 Å². The first kappa shape index (κ1) is 25.7. The second kappa shape index (κ2) is 11.5. The number of hydrogen-bond donors (Lipinski definition) is 3. The Morgan fingerprint density at radius 3 is 2.64 bits per heavy atom. The van der Waals surface area contributed by atoms with Crippen LogP contribution in [0.2, 0.25) is 0 Å². The predicted octanol–water partition coefficient (Wildman–Crippen LogP) is 6.17. The van der Waals surface area contributed by atoms with Gasteiger partial charge in [0.05, 0.1) is 17.8 Å². The molecule has 2 aliphatic rings. The van der Waals surface area contributed by atoms with Gasteiger partial charge < -0.3 is 15.3 Å². The predicted molar refractivity (Wildman–Crippen MR) is 133 cm³/mol. The highest BCUT2D eigenvalue weighted by molar-refractivity contribution is 5.89. The van der Waals surface area contributed by atoms with Gasteiger partial charge in [-0.05, 0) is 73.8 Å².